The van der Waals surface area contributed by atoms with Gasteiger partial charge < -0.3 is 10.6 Å². The first-order valence-corrected chi connectivity index (χ1v) is 7.42. The van der Waals surface area contributed by atoms with E-state index >= 15 is 0 Å². The van der Waals surface area contributed by atoms with E-state index in [4.69, 9.17) is 0 Å². The molecule has 0 aromatic heterocycles. The molecule has 0 heterocycles. The molecule has 1 rings (SSSR count). The number of nitrogens with one attached hydrogen (secondary N) is 2. The fraction of sp³-hybridized carbons (Fsp3) is 0.933. The van der Waals surface area contributed by atoms with Crippen LogP contribution in [0.5, 0.6) is 0 Å². The Kier molecular flexibility index (Phi) is 6.13. The summed E-state index contributed by atoms with van der Waals surface area (Å²) in [5, 5.41) is 6.46. The van der Waals surface area contributed by atoms with Crippen LogP contribution in [0.2, 0.25) is 0 Å². The maximum atomic E-state index is 11.8. The highest BCUT2D eigenvalue weighted by molar-refractivity contribution is 5.78. The fourth-order valence-electron chi connectivity index (χ4n) is 2.66. The summed E-state index contributed by atoms with van der Waals surface area (Å²) in [6.45, 7) is 11.4. The number of carbonyl (C=O) groups is 1. The third kappa shape index (κ3) is 4.97. The molecule has 1 saturated carbocycles. The Morgan fingerprint density at radius 1 is 1.22 bits per heavy atom. The average Bonchev–Trinajstić information content (AvgIpc) is 2.27. The number of hydrogen-bond acceptors (Lipinski definition) is 2. The number of rotatable bonds is 5. The van der Waals surface area contributed by atoms with Crippen LogP contribution in [0, 0.1) is 17.8 Å². The molecule has 0 aromatic rings. The highest BCUT2D eigenvalue weighted by atomic mass is 16.1. The van der Waals surface area contributed by atoms with Crippen molar-refractivity contribution in [3.8, 4) is 0 Å². The third-order valence-electron chi connectivity index (χ3n) is 4.34. The lowest BCUT2D eigenvalue weighted by Gasteiger charge is -2.33. The van der Waals surface area contributed by atoms with E-state index in [0.717, 1.165) is 5.92 Å². The summed E-state index contributed by atoms with van der Waals surface area (Å²) in [6, 6.07) is 0.768. The smallest absolute Gasteiger partial charge is 0.234 e. The zero-order chi connectivity index (χ0) is 13.7. The van der Waals surface area contributed by atoms with E-state index in [2.05, 4.69) is 45.3 Å². The van der Waals surface area contributed by atoms with Crippen molar-refractivity contribution in [1.29, 1.82) is 0 Å². The minimum Gasteiger partial charge on any atom is -0.352 e. The summed E-state index contributed by atoms with van der Waals surface area (Å²) in [4.78, 5) is 11.8. The first-order valence-electron chi connectivity index (χ1n) is 7.42. The van der Waals surface area contributed by atoms with Crippen LogP contribution in [0.25, 0.3) is 0 Å². The van der Waals surface area contributed by atoms with Crippen molar-refractivity contribution in [3.63, 3.8) is 0 Å². The second kappa shape index (κ2) is 7.13. The van der Waals surface area contributed by atoms with Gasteiger partial charge in [0.15, 0.2) is 0 Å². The van der Waals surface area contributed by atoms with Crippen LogP contribution < -0.4 is 10.6 Å². The van der Waals surface area contributed by atoms with Crippen molar-refractivity contribution in [2.75, 3.05) is 6.54 Å². The summed E-state index contributed by atoms with van der Waals surface area (Å²) < 4.78 is 0. The predicted molar refractivity (Wildman–Crippen MR) is 76.4 cm³/mol. The standard InChI is InChI=1S/C15H30N2O/c1-10(2)13(5)17-15(18)9-16-14-7-6-11(3)8-12(14)4/h10-14,16H,6-9H2,1-5H3,(H,17,18). The Morgan fingerprint density at radius 3 is 2.44 bits per heavy atom. The number of hydrogen-bond donors (Lipinski definition) is 2. The summed E-state index contributed by atoms with van der Waals surface area (Å²) in [6.07, 6.45) is 3.77. The largest absolute Gasteiger partial charge is 0.352 e. The first-order chi connectivity index (χ1) is 8.40. The van der Waals surface area contributed by atoms with Gasteiger partial charge in [0, 0.05) is 12.1 Å². The van der Waals surface area contributed by atoms with Crippen LogP contribution in [0.3, 0.4) is 0 Å². The van der Waals surface area contributed by atoms with Gasteiger partial charge in [0.2, 0.25) is 5.91 Å². The predicted octanol–water partition coefficient (Wildman–Crippen LogP) is 2.56. The second-order valence-corrected chi connectivity index (χ2v) is 6.48. The SMILES string of the molecule is CC1CCC(NCC(=O)NC(C)C(C)C)C(C)C1. The zero-order valence-electron chi connectivity index (χ0n) is 12.6. The Balaban J connectivity index is 2.26. The maximum absolute atomic E-state index is 11.8. The molecular weight excluding hydrogens is 224 g/mol. The topological polar surface area (TPSA) is 41.1 Å². The van der Waals surface area contributed by atoms with Gasteiger partial charge >= 0.3 is 0 Å². The molecule has 3 heteroatoms. The maximum Gasteiger partial charge on any atom is 0.234 e. The Hall–Kier alpha value is -0.570. The second-order valence-electron chi connectivity index (χ2n) is 6.48. The molecule has 106 valence electrons. The molecule has 0 saturated heterocycles. The van der Waals surface area contributed by atoms with Gasteiger partial charge in [0.05, 0.1) is 6.54 Å². The molecule has 4 unspecified atom stereocenters. The molecule has 1 aliphatic rings. The molecule has 1 aliphatic carbocycles. The van der Waals surface area contributed by atoms with E-state index in [1.807, 2.05) is 0 Å². The average molecular weight is 254 g/mol. The van der Waals surface area contributed by atoms with Gasteiger partial charge in [0.25, 0.3) is 0 Å². The number of carbonyl (C=O) groups excluding carboxylic acids is 1. The van der Waals surface area contributed by atoms with E-state index < -0.39 is 0 Å². The summed E-state index contributed by atoms with van der Waals surface area (Å²) in [5.41, 5.74) is 0. The van der Waals surface area contributed by atoms with Crippen molar-refractivity contribution < 1.29 is 4.79 Å². The molecule has 0 aliphatic heterocycles. The van der Waals surface area contributed by atoms with E-state index in [1.165, 1.54) is 19.3 Å². The monoisotopic (exact) mass is 254 g/mol. The van der Waals surface area contributed by atoms with E-state index in [1.54, 1.807) is 0 Å². The molecule has 0 spiro atoms. The van der Waals surface area contributed by atoms with Crippen LogP contribution in [0.4, 0.5) is 0 Å². The van der Waals surface area contributed by atoms with Gasteiger partial charge in [-0.3, -0.25) is 4.79 Å². The van der Waals surface area contributed by atoms with Crippen LogP contribution in [0.1, 0.15) is 53.9 Å². The molecule has 1 amide bonds. The van der Waals surface area contributed by atoms with E-state index in [9.17, 15) is 4.79 Å². The van der Waals surface area contributed by atoms with Gasteiger partial charge in [-0.25, -0.2) is 0 Å². The van der Waals surface area contributed by atoms with Crippen molar-refractivity contribution in [2.24, 2.45) is 17.8 Å². The van der Waals surface area contributed by atoms with Gasteiger partial charge in [-0.15, -0.1) is 0 Å². The molecular formula is C15H30N2O. The minimum atomic E-state index is 0.127. The van der Waals surface area contributed by atoms with Crippen molar-refractivity contribution in [3.05, 3.63) is 0 Å². The van der Waals surface area contributed by atoms with Crippen molar-refractivity contribution in [2.45, 2.75) is 66.0 Å². The van der Waals surface area contributed by atoms with E-state index in [-0.39, 0.29) is 11.9 Å². The highest BCUT2D eigenvalue weighted by Crippen LogP contribution is 2.28. The van der Waals surface area contributed by atoms with Crippen molar-refractivity contribution in [1.82, 2.24) is 10.6 Å². The fourth-order valence-corrected chi connectivity index (χ4v) is 2.66. The molecule has 0 bridgehead atoms. The summed E-state index contributed by atoms with van der Waals surface area (Å²) >= 11 is 0. The van der Waals surface area contributed by atoms with E-state index in [0.29, 0.717) is 24.4 Å². The zero-order valence-corrected chi connectivity index (χ0v) is 12.6. The van der Waals surface area contributed by atoms with Crippen LogP contribution in [0.15, 0.2) is 0 Å². The van der Waals surface area contributed by atoms with Crippen LogP contribution >= 0.6 is 0 Å². The van der Waals surface area contributed by atoms with Crippen LogP contribution in [-0.2, 0) is 4.79 Å². The molecule has 0 aromatic carbocycles. The number of amides is 1. The highest BCUT2D eigenvalue weighted by Gasteiger charge is 2.25. The van der Waals surface area contributed by atoms with Gasteiger partial charge in [-0.05, 0) is 43.9 Å². The van der Waals surface area contributed by atoms with Crippen LogP contribution in [-0.4, -0.2) is 24.5 Å². The molecule has 0 radical (unpaired) electrons. The Morgan fingerprint density at radius 2 is 1.89 bits per heavy atom. The third-order valence-corrected chi connectivity index (χ3v) is 4.34. The lowest BCUT2D eigenvalue weighted by atomic mass is 9.80. The summed E-state index contributed by atoms with van der Waals surface area (Å²) in [5.74, 6) is 2.14. The molecule has 1 fully saturated rings. The summed E-state index contributed by atoms with van der Waals surface area (Å²) in [7, 11) is 0. The molecule has 4 atom stereocenters. The van der Waals surface area contributed by atoms with Crippen molar-refractivity contribution >= 4 is 5.91 Å². The Labute approximate surface area is 112 Å². The molecule has 18 heavy (non-hydrogen) atoms. The Bertz CT molecular complexity index is 265. The quantitative estimate of drug-likeness (QED) is 0.791. The lowest BCUT2D eigenvalue weighted by molar-refractivity contribution is -0.121. The minimum absolute atomic E-state index is 0.127. The van der Waals surface area contributed by atoms with Gasteiger partial charge in [-0.2, -0.15) is 0 Å². The first kappa shape index (κ1) is 15.5. The lowest BCUT2D eigenvalue weighted by Crippen LogP contribution is -2.46. The van der Waals surface area contributed by atoms with Gasteiger partial charge in [-0.1, -0.05) is 27.7 Å². The molecule has 3 nitrogen and oxygen atoms in total. The molecule has 2 N–H and O–H groups in total. The van der Waals surface area contributed by atoms with Gasteiger partial charge in [0.1, 0.15) is 0 Å². The normalized spacial score (nSPS) is 30.2.